The average molecular weight is 244 g/mol. The molecular weight excluding hydrogens is 228 g/mol. The Morgan fingerprint density at radius 2 is 2.18 bits per heavy atom. The summed E-state index contributed by atoms with van der Waals surface area (Å²) in [5.41, 5.74) is 4.11. The van der Waals surface area contributed by atoms with Crippen LogP contribution in [0, 0.1) is 5.92 Å². The van der Waals surface area contributed by atoms with Crippen LogP contribution in [0.25, 0.3) is 11.6 Å². The first-order chi connectivity index (χ1) is 8.11. The predicted molar refractivity (Wildman–Crippen MR) is 76.0 cm³/mol. The number of Topliss-reactive ketones (excluding diaryl/α,β-unsaturated/α-hetero) is 1. The normalized spacial score (nSPS) is 18.3. The van der Waals surface area contributed by atoms with Crippen LogP contribution in [0.4, 0.5) is 0 Å². The van der Waals surface area contributed by atoms with Crippen LogP contribution in [0.2, 0.25) is 0 Å². The Kier molecular flexibility index (Phi) is 3.53. The van der Waals surface area contributed by atoms with Gasteiger partial charge in [0, 0.05) is 11.3 Å². The summed E-state index contributed by atoms with van der Waals surface area (Å²) in [6, 6.07) is 6.19. The third-order valence-corrected chi connectivity index (χ3v) is 3.34. The molecule has 0 saturated heterocycles. The van der Waals surface area contributed by atoms with Gasteiger partial charge in [-0.2, -0.15) is 12.6 Å². The molecule has 2 rings (SSSR count). The van der Waals surface area contributed by atoms with E-state index in [1.54, 1.807) is 6.92 Å². The standard InChI is InChI=1S/C15H16OS/c1-10-3-5-13-6-4-12(9-17)8-15(13)14(7-10)11(2)16/h3-8,10,17H,9H2,1-2H3. The van der Waals surface area contributed by atoms with Crippen molar-refractivity contribution in [1.82, 2.24) is 0 Å². The minimum absolute atomic E-state index is 0.123. The second-order valence-corrected chi connectivity index (χ2v) is 4.75. The maximum atomic E-state index is 11.7. The summed E-state index contributed by atoms with van der Waals surface area (Å²) in [7, 11) is 0. The molecule has 1 aliphatic carbocycles. The SMILES string of the molecule is CC(=O)C1=CC(C)C=Cc2ccc(CS)cc21. The number of hydrogen-bond acceptors (Lipinski definition) is 2. The van der Waals surface area contributed by atoms with Crippen molar-refractivity contribution in [3.05, 3.63) is 47.0 Å². The van der Waals surface area contributed by atoms with Crippen molar-refractivity contribution in [3.63, 3.8) is 0 Å². The van der Waals surface area contributed by atoms with E-state index < -0.39 is 0 Å². The minimum Gasteiger partial charge on any atom is -0.295 e. The van der Waals surface area contributed by atoms with Crippen LogP contribution in [-0.4, -0.2) is 5.78 Å². The molecule has 0 bridgehead atoms. The van der Waals surface area contributed by atoms with Crippen LogP contribution in [0.3, 0.4) is 0 Å². The topological polar surface area (TPSA) is 17.1 Å². The van der Waals surface area contributed by atoms with E-state index in [1.165, 1.54) is 0 Å². The Hall–Kier alpha value is -1.28. The Morgan fingerprint density at radius 1 is 1.41 bits per heavy atom. The van der Waals surface area contributed by atoms with Crippen LogP contribution in [0.15, 0.2) is 30.4 Å². The van der Waals surface area contributed by atoms with Gasteiger partial charge in [0.15, 0.2) is 5.78 Å². The number of carbonyl (C=O) groups excluding carboxylic acids is 1. The zero-order chi connectivity index (χ0) is 12.4. The van der Waals surface area contributed by atoms with Crippen molar-refractivity contribution in [2.45, 2.75) is 19.6 Å². The lowest BCUT2D eigenvalue weighted by Gasteiger charge is -2.09. The summed E-state index contributed by atoms with van der Waals surface area (Å²) >= 11 is 4.28. The highest BCUT2D eigenvalue weighted by molar-refractivity contribution is 7.79. The highest BCUT2D eigenvalue weighted by Crippen LogP contribution is 2.28. The molecule has 1 aromatic rings. The fourth-order valence-corrected chi connectivity index (χ4v) is 2.25. The quantitative estimate of drug-likeness (QED) is 0.784. The summed E-state index contributed by atoms with van der Waals surface area (Å²) in [5, 5.41) is 0. The zero-order valence-electron chi connectivity index (χ0n) is 10.1. The Balaban J connectivity index is 2.62. The second kappa shape index (κ2) is 4.92. The second-order valence-electron chi connectivity index (χ2n) is 4.43. The van der Waals surface area contributed by atoms with Gasteiger partial charge in [0.25, 0.3) is 0 Å². The lowest BCUT2D eigenvalue weighted by atomic mass is 9.95. The van der Waals surface area contributed by atoms with Crippen LogP contribution >= 0.6 is 12.6 Å². The number of fused-ring (bicyclic) bond motifs is 1. The third kappa shape index (κ3) is 2.52. The smallest absolute Gasteiger partial charge is 0.160 e. The summed E-state index contributed by atoms with van der Waals surface area (Å²) in [6.07, 6.45) is 6.25. The number of rotatable bonds is 2. The van der Waals surface area contributed by atoms with Gasteiger partial charge in [-0.05, 0) is 35.6 Å². The zero-order valence-corrected chi connectivity index (χ0v) is 11.0. The lowest BCUT2D eigenvalue weighted by Crippen LogP contribution is -1.99. The van der Waals surface area contributed by atoms with Crippen LogP contribution in [-0.2, 0) is 10.5 Å². The van der Waals surface area contributed by atoms with Crippen molar-refractivity contribution < 1.29 is 4.79 Å². The fourth-order valence-electron chi connectivity index (χ4n) is 2.05. The van der Waals surface area contributed by atoms with E-state index in [9.17, 15) is 4.79 Å². The van der Waals surface area contributed by atoms with Crippen LogP contribution in [0.1, 0.15) is 30.5 Å². The maximum Gasteiger partial charge on any atom is 0.160 e. The van der Waals surface area contributed by atoms with E-state index in [0.717, 1.165) is 22.3 Å². The molecule has 0 aliphatic heterocycles. The minimum atomic E-state index is 0.123. The molecule has 0 radical (unpaired) electrons. The molecule has 0 saturated carbocycles. The number of hydrogen-bond donors (Lipinski definition) is 1. The molecule has 1 aromatic carbocycles. The number of allylic oxidation sites excluding steroid dienone is 3. The number of ketones is 1. The lowest BCUT2D eigenvalue weighted by molar-refractivity contribution is -0.111. The van der Waals surface area contributed by atoms with Gasteiger partial charge < -0.3 is 0 Å². The Bertz CT molecular complexity index is 512. The van der Waals surface area contributed by atoms with Crippen molar-refractivity contribution in [3.8, 4) is 0 Å². The first kappa shape index (κ1) is 12.2. The van der Waals surface area contributed by atoms with E-state index in [4.69, 9.17) is 0 Å². The van der Waals surface area contributed by atoms with Gasteiger partial charge in [0.05, 0.1) is 0 Å². The predicted octanol–water partition coefficient (Wildman–Crippen LogP) is 3.75. The van der Waals surface area contributed by atoms with Gasteiger partial charge in [-0.1, -0.05) is 37.3 Å². The van der Waals surface area contributed by atoms with Crippen molar-refractivity contribution >= 4 is 30.1 Å². The highest BCUT2D eigenvalue weighted by atomic mass is 32.1. The molecule has 0 aromatic heterocycles. The van der Waals surface area contributed by atoms with Crippen LogP contribution in [0.5, 0.6) is 0 Å². The van der Waals surface area contributed by atoms with E-state index in [-0.39, 0.29) is 5.78 Å². The number of thiol groups is 1. The van der Waals surface area contributed by atoms with E-state index in [0.29, 0.717) is 11.7 Å². The summed E-state index contributed by atoms with van der Waals surface area (Å²) < 4.78 is 0. The van der Waals surface area contributed by atoms with Crippen molar-refractivity contribution in [2.24, 2.45) is 5.92 Å². The van der Waals surface area contributed by atoms with E-state index in [2.05, 4.69) is 49.9 Å². The van der Waals surface area contributed by atoms with Crippen molar-refractivity contribution in [2.75, 3.05) is 0 Å². The molecule has 2 heteroatoms. The van der Waals surface area contributed by atoms with E-state index in [1.807, 2.05) is 6.08 Å². The summed E-state index contributed by atoms with van der Waals surface area (Å²) in [6.45, 7) is 3.71. The molecule has 1 atom stereocenters. The number of carbonyl (C=O) groups is 1. The number of benzene rings is 1. The molecule has 0 fully saturated rings. The maximum absolute atomic E-state index is 11.7. The first-order valence-corrected chi connectivity index (χ1v) is 6.40. The third-order valence-electron chi connectivity index (χ3n) is 2.98. The van der Waals surface area contributed by atoms with Crippen LogP contribution < -0.4 is 0 Å². The molecule has 1 aliphatic rings. The summed E-state index contributed by atoms with van der Waals surface area (Å²) in [5.74, 6) is 1.11. The van der Waals surface area contributed by atoms with Gasteiger partial charge >= 0.3 is 0 Å². The van der Waals surface area contributed by atoms with Gasteiger partial charge in [-0.25, -0.2) is 0 Å². The highest BCUT2D eigenvalue weighted by Gasteiger charge is 2.14. The Labute approximate surface area is 108 Å². The molecule has 1 nitrogen and oxygen atoms in total. The Morgan fingerprint density at radius 3 is 2.82 bits per heavy atom. The summed E-state index contributed by atoms with van der Waals surface area (Å²) in [4.78, 5) is 11.7. The molecule has 0 spiro atoms. The largest absolute Gasteiger partial charge is 0.295 e. The van der Waals surface area contributed by atoms with Gasteiger partial charge in [0.1, 0.15) is 0 Å². The molecule has 0 heterocycles. The first-order valence-electron chi connectivity index (χ1n) is 5.77. The molecular formula is C15H16OS. The fraction of sp³-hybridized carbons (Fsp3) is 0.267. The van der Waals surface area contributed by atoms with Crippen molar-refractivity contribution in [1.29, 1.82) is 0 Å². The average Bonchev–Trinajstić information content (AvgIpc) is 2.48. The molecule has 0 amide bonds. The van der Waals surface area contributed by atoms with Gasteiger partial charge in [-0.15, -0.1) is 0 Å². The van der Waals surface area contributed by atoms with Gasteiger partial charge in [0.2, 0.25) is 0 Å². The molecule has 88 valence electrons. The molecule has 17 heavy (non-hydrogen) atoms. The molecule has 0 N–H and O–H groups in total. The monoisotopic (exact) mass is 244 g/mol. The molecule has 1 unspecified atom stereocenters. The van der Waals surface area contributed by atoms with E-state index >= 15 is 0 Å². The van der Waals surface area contributed by atoms with Gasteiger partial charge in [-0.3, -0.25) is 4.79 Å².